The number of sulfone groups is 1. The highest BCUT2D eigenvalue weighted by molar-refractivity contribution is 7.92. The molecule has 0 bridgehead atoms. The molecule has 1 aliphatic carbocycles. The van der Waals surface area contributed by atoms with Crippen molar-refractivity contribution < 1.29 is 22.3 Å². The molecular weight excluding hydrogens is 499 g/mol. The maximum Gasteiger partial charge on any atom is 0.261 e. The molecule has 2 aliphatic rings. The van der Waals surface area contributed by atoms with E-state index in [9.17, 15) is 22.4 Å². The summed E-state index contributed by atoms with van der Waals surface area (Å²) in [5, 5.41) is 2.51. The van der Waals surface area contributed by atoms with Gasteiger partial charge in [-0.05, 0) is 68.4 Å². The highest BCUT2D eigenvalue weighted by Gasteiger charge is 2.31. The van der Waals surface area contributed by atoms with Crippen LogP contribution in [-0.4, -0.2) is 47.3 Å². The molecule has 37 heavy (non-hydrogen) atoms. The standard InChI is InChI=1S/C26H29FN4O5S/c27-18-5-8-24(28-15-18)30-25(32)23(13-17-9-11-36-12-10-17)31-16-29-22-14-20(6-7-21(22)26(31)33)37(34,35)19-3-1-2-4-19/h5-8,14-17,19,23H,1-4,9-13H2,(H,28,30,32). The number of aromatic nitrogens is 3. The van der Waals surface area contributed by atoms with Crippen LogP contribution in [0.4, 0.5) is 10.2 Å². The highest BCUT2D eigenvalue weighted by Crippen LogP contribution is 2.31. The van der Waals surface area contributed by atoms with Crippen LogP contribution in [0.25, 0.3) is 10.9 Å². The number of halogens is 1. The van der Waals surface area contributed by atoms with E-state index in [1.54, 1.807) is 0 Å². The van der Waals surface area contributed by atoms with Crippen molar-refractivity contribution in [1.29, 1.82) is 0 Å². The van der Waals surface area contributed by atoms with Gasteiger partial charge in [-0.2, -0.15) is 0 Å². The van der Waals surface area contributed by atoms with Gasteiger partial charge in [-0.15, -0.1) is 0 Å². The van der Waals surface area contributed by atoms with E-state index in [4.69, 9.17) is 4.74 Å². The lowest BCUT2D eigenvalue weighted by molar-refractivity contribution is -0.120. The lowest BCUT2D eigenvalue weighted by atomic mass is 9.92. The van der Waals surface area contributed by atoms with Crippen LogP contribution < -0.4 is 10.9 Å². The summed E-state index contributed by atoms with van der Waals surface area (Å²) in [6, 6.07) is 6.04. The maximum absolute atomic E-state index is 13.5. The molecule has 1 saturated carbocycles. The van der Waals surface area contributed by atoms with Gasteiger partial charge in [-0.3, -0.25) is 14.2 Å². The summed E-state index contributed by atoms with van der Waals surface area (Å²) in [7, 11) is -3.50. The molecule has 0 spiro atoms. The summed E-state index contributed by atoms with van der Waals surface area (Å²) < 4.78 is 46.1. The number of nitrogens with one attached hydrogen (secondary N) is 1. The van der Waals surface area contributed by atoms with Crippen molar-refractivity contribution in [2.24, 2.45) is 5.92 Å². The van der Waals surface area contributed by atoms with E-state index in [1.165, 1.54) is 41.2 Å². The first-order valence-electron chi connectivity index (χ1n) is 12.6. The summed E-state index contributed by atoms with van der Waals surface area (Å²) in [5.74, 6) is -0.658. The molecule has 1 aromatic carbocycles. The molecule has 1 aliphatic heterocycles. The predicted octanol–water partition coefficient (Wildman–Crippen LogP) is 3.64. The number of hydrogen-bond donors (Lipinski definition) is 1. The Kier molecular flexibility index (Phi) is 7.34. The molecule has 2 aromatic heterocycles. The van der Waals surface area contributed by atoms with Gasteiger partial charge in [0.05, 0.1) is 33.6 Å². The minimum atomic E-state index is -3.50. The average molecular weight is 529 g/mol. The van der Waals surface area contributed by atoms with Crippen molar-refractivity contribution in [2.45, 2.75) is 61.1 Å². The third kappa shape index (κ3) is 5.42. The number of fused-ring (bicyclic) bond motifs is 1. The van der Waals surface area contributed by atoms with E-state index in [2.05, 4.69) is 15.3 Å². The maximum atomic E-state index is 13.5. The zero-order valence-corrected chi connectivity index (χ0v) is 21.1. The first kappa shape index (κ1) is 25.5. The highest BCUT2D eigenvalue weighted by atomic mass is 32.2. The molecule has 5 rings (SSSR count). The molecule has 1 amide bonds. The third-order valence-electron chi connectivity index (χ3n) is 7.34. The van der Waals surface area contributed by atoms with Crippen molar-refractivity contribution >= 4 is 32.5 Å². The van der Waals surface area contributed by atoms with Gasteiger partial charge in [-0.1, -0.05) is 12.8 Å². The van der Waals surface area contributed by atoms with Crippen molar-refractivity contribution in [2.75, 3.05) is 18.5 Å². The quantitative estimate of drug-likeness (QED) is 0.497. The van der Waals surface area contributed by atoms with Gasteiger partial charge >= 0.3 is 0 Å². The largest absolute Gasteiger partial charge is 0.381 e. The number of hydrogen-bond acceptors (Lipinski definition) is 7. The number of benzene rings is 1. The Labute approximate surface area is 214 Å². The Morgan fingerprint density at radius 1 is 1.11 bits per heavy atom. The van der Waals surface area contributed by atoms with Gasteiger partial charge < -0.3 is 10.1 Å². The summed E-state index contributed by atoms with van der Waals surface area (Å²) in [5.41, 5.74) is -0.167. The first-order chi connectivity index (χ1) is 17.8. The topological polar surface area (TPSA) is 120 Å². The fourth-order valence-corrected chi connectivity index (χ4v) is 7.08. The summed E-state index contributed by atoms with van der Waals surface area (Å²) in [4.78, 5) is 35.3. The number of carbonyl (C=O) groups excluding carboxylic acids is 1. The second-order valence-electron chi connectivity index (χ2n) is 9.75. The van der Waals surface area contributed by atoms with E-state index in [0.29, 0.717) is 32.5 Å². The van der Waals surface area contributed by atoms with Gasteiger partial charge in [0.25, 0.3) is 5.56 Å². The third-order valence-corrected chi connectivity index (χ3v) is 9.60. The van der Waals surface area contributed by atoms with Gasteiger partial charge in [0.15, 0.2) is 9.84 Å². The number of amides is 1. The normalized spacial score (nSPS) is 18.2. The average Bonchev–Trinajstić information content (AvgIpc) is 3.46. The number of rotatable bonds is 7. The molecule has 3 aromatic rings. The molecule has 2 fully saturated rings. The number of pyridine rings is 1. The molecule has 9 nitrogen and oxygen atoms in total. The van der Waals surface area contributed by atoms with E-state index in [0.717, 1.165) is 31.9 Å². The van der Waals surface area contributed by atoms with Gasteiger partial charge in [0.1, 0.15) is 17.7 Å². The van der Waals surface area contributed by atoms with Crippen LogP contribution in [-0.2, 0) is 19.4 Å². The van der Waals surface area contributed by atoms with Crippen LogP contribution in [0.15, 0.2) is 52.5 Å². The zero-order valence-electron chi connectivity index (χ0n) is 20.3. The number of carbonyl (C=O) groups is 1. The van der Waals surface area contributed by atoms with Gasteiger partial charge in [-0.25, -0.2) is 22.8 Å². The van der Waals surface area contributed by atoms with Gasteiger partial charge in [0, 0.05) is 13.2 Å². The van der Waals surface area contributed by atoms with E-state index >= 15 is 0 Å². The molecule has 196 valence electrons. The van der Waals surface area contributed by atoms with E-state index in [-0.39, 0.29) is 27.5 Å². The Hall–Kier alpha value is -3.18. The number of ether oxygens (including phenoxy) is 1. The summed E-state index contributed by atoms with van der Waals surface area (Å²) in [6.07, 6.45) is 7.28. The van der Waals surface area contributed by atoms with Crippen LogP contribution in [0, 0.1) is 11.7 Å². The fourth-order valence-electron chi connectivity index (χ4n) is 5.21. The second kappa shape index (κ2) is 10.7. The van der Waals surface area contributed by atoms with Crippen molar-refractivity contribution in [3.8, 4) is 0 Å². The van der Waals surface area contributed by atoms with Crippen molar-refractivity contribution in [1.82, 2.24) is 14.5 Å². The van der Waals surface area contributed by atoms with E-state index in [1.807, 2.05) is 0 Å². The Morgan fingerprint density at radius 2 is 1.86 bits per heavy atom. The Bertz CT molecular complexity index is 1450. The molecule has 1 unspecified atom stereocenters. The Balaban J connectivity index is 1.48. The van der Waals surface area contributed by atoms with Crippen LogP contribution in [0.2, 0.25) is 0 Å². The van der Waals surface area contributed by atoms with Crippen LogP contribution >= 0.6 is 0 Å². The minimum Gasteiger partial charge on any atom is -0.381 e. The lowest BCUT2D eigenvalue weighted by Gasteiger charge is -2.27. The molecule has 1 saturated heterocycles. The minimum absolute atomic E-state index is 0.159. The number of nitrogens with zero attached hydrogens (tertiary/aromatic N) is 3. The van der Waals surface area contributed by atoms with Crippen molar-refractivity contribution in [3.63, 3.8) is 0 Å². The molecule has 3 heterocycles. The van der Waals surface area contributed by atoms with Crippen LogP contribution in [0.5, 0.6) is 0 Å². The predicted molar refractivity (Wildman–Crippen MR) is 135 cm³/mol. The van der Waals surface area contributed by atoms with E-state index < -0.39 is 38.4 Å². The second-order valence-corrected chi connectivity index (χ2v) is 12.0. The summed E-state index contributed by atoms with van der Waals surface area (Å²) in [6.45, 7) is 1.17. The van der Waals surface area contributed by atoms with Crippen LogP contribution in [0.3, 0.4) is 0 Å². The van der Waals surface area contributed by atoms with Crippen molar-refractivity contribution in [3.05, 3.63) is 59.0 Å². The molecule has 1 atom stereocenters. The SMILES string of the molecule is O=C(Nc1ccc(F)cn1)C(CC1CCOCC1)n1cnc2cc(S(=O)(=O)C3CCCC3)ccc2c1=O. The van der Waals surface area contributed by atoms with Gasteiger partial charge in [0.2, 0.25) is 5.91 Å². The fraction of sp³-hybridized carbons (Fsp3) is 0.462. The first-order valence-corrected chi connectivity index (χ1v) is 14.1. The molecule has 11 heteroatoms. The van der Waals surface area contributed by atoms with Crippen LogP contribution in [0.1, 0.15) is 51.0 Å². The monoisotopic (exact) mass is 528 g/mol. The molecule has 0 radical (unpaired) electrons. The zero-order chi connectivity index (χ0) is 26.0. The summed E-state index contributed by atoms with van der Waals surface area (Å²) >= 11 is 0. The smallest absolute Gasteiger partial charge is 0.261 e. The number of anilines is 1. The lowest BCUT2D eigenvalue weighted by Crippen LogP contribution is -2.36. The molecule has 1 N–H and O–H groups in total. The molecular formula is C26H29FN4O5S. The Morgan fingerprint density at radius 3 is 2.57 bits per heavy atom.